The highest BCUT2D eigenvalue weighted by molar-refractivity contribution is 7.89. The lowest BCUT2D eigenvalue weighted by atomic mass is 9.77. The molecule has 0 aromatic heterocycles. The van der Waals surface area contributed by atoms with E-state index in [2.05, 4.69) is 34.9 Å². The molecule has 1 saturated heterocycles. The largest absolute Gasteiger partial charge is 0.364 e. The van der Waals surface area contributed by atoms with Gasteiger partial charge in [0.25, 0.3) is 5.91 Å². The maximum absolute atomic E-state index is 13.7. The zero-order valence-corrected chi connectivity index (χ0v) is 21.9. The van der Waals surface area contributed by atoms with Gasteiger partial charge in [-0.3, -0.25) is 4.79 Å². The Hall–Kier alpha value is -2.38. The van der Waals surface area contributed by atoms with E-state index in [1.165, 1.54) is 23.2 Å². The number of rotatable bonds is 7. The van der Waals surface area contributed by atoms with Gasteiger partial charge in [-0.05, 0) is 68.5 Å². The lowest BCUT2D eigenvalue weighted by Gasteiger charge is -2.49. The van der Waals surface area contributed by atoms with Gasteiger partial charge in [-0.25, -0.2) is 8.42 Å². The van der Waals surface area contributed by atoms with Crippen molar-refractivity contribution in [3.05, 3.63) is 59.2 Å². The quantitative estimate of drug-likeness (QED) is 0.554. The SMILES string of the molecule is CCCN(CCC)S(=O)(=O)c1ccc(C(=O)N2CCN3c4ccc(C)cc4[C@H]4CCC[C@@H]2[C@@H]43)cc1. The summed E-state index contributed by atoms with van der Waals surface area (Å²) in [4.78, 5) is 18.5. The number of anilines is 1. The van der Waals surface area contributed by atoms with Crippen molar-refractivity contribution >= 4 is 21.6 Å². The Morgan fingerprint density at radius 2 is 1.71 bits per heavy atom. The van der Waals surface area contributed by atoms with Crippen molar-refractivity contribution in [2.24, 2.45) is 0 Å². The van der Waals surface area contributed by atoms with Crippen LogP contribution in [0.2, 0.25) is 0 Å². The minimum absolute atomic E-state index is 0.0188. The zero-order chi connectivity index (χ0) is 24.7. The van der Waals surface area contributed by atoms with Gasteiger partial charge in [-0.15, -0.1) is 0 Å². The van der Waals surface area contributed by atoms with Crippen molar-refractivity contribution in [1.29, 1.82) is 0 Å². The third-order valence-corrected chi connectivity index (χ3v) is 9.91. The van der Waals surface area contributed by atoms with Gasteiger partial charge in [0.15, 0.2) is 0 Å². The molecule has 0 unspecified atom stereocenters. The summed E-state index contributed by atoms with van der Waals surface area (Å²) in [6, 6.07) is 13.9. The van der Waals surface area contributed by atoms with E-state index in [9.17, 15) is 13.2 Å². The number of piperazine rings is 1. The van der Waals surface area contributed by atoms with E-state index in [4.69, 9.17) is 0 Å². The monoisotopic (exact) mass is 495 g/mol. The number of amides is 1. The second-order valence-corrected chi connectivity index (χ2v) is 12.2. The van der Waals surface area contributed by atoms with Crippen LogP contribution in [-0.4, -0.2) is 61.8 Å². The topological polar surface area (TPSA) is 60.9 Å². The van der Waals surface area contributed by atoms with E-state index in [0.717, 1.165) is 32.2 Å². The summed E-state index contributed by atoms with van der Waals surface area (Å²) in [6.07, 6.45) is 4.86. The number of aryl methyl sites for hydroxylation is 1. The Labute approximate surface area is 210 Å². The average Bonchev–Trinajstić information content (AvgIpc) is 3.18. The summed E-state index contributed by atoms with van der Waals surface area (Å²) in [5.74, 6) is 0.500. The Kier molecular flexibility index (Phi) is 6.66. The van der Waals surface area contributed by atoms with E-state index < -0.39 is 10.0 Å². The van der Waals surface area contributed by atoms with E-state index in [0.29, 0.717) is 37.2 Å². The predicted octanol–water partition coefficient (Wildman–Crippen LogP) is 4.79. The lowest BCUT2D eigenvalue weighted by Crippen LogP contribution is -2.62. The highest BCUT2D eigenvalue weighted by Gasteiger charge is 2.50. The van der Waals surface area contributed by atoms with Crippen LogP contribution >= 0.6 is 0 Å². The van der Waals surface area contributed by atoms with Gasteiger partial charge in [-0.1, -0.05) is 38.0 Å². The molecule has 1 amide bonds. The van der Waals surface area contributed by atoms with E-state index >= 15 is 0 Å². The second-order valence-electron chi connectivity index (χ2n) is 10.3. The lowest BCUT2D eigenvalue weighted by molar-refractivity contribution is 0.0532. The Bertz CT molecular complexity index is 1190. The molecule has 2 heterocycles. The minimum Gasteiger partial charge on any atom is -0.364 e. The number of hydrogen-bond donors (Lipinski definition) is 0. The van der Waals surface area contributed by atoms with Crippen molar-refractivity contribution in [1.82, 2.24) is 9.21 Å². The van der Waals surface area contributed by atoms with Crippen LogP contribution < -0.4 is 4.90 Å². The Morgan fingerprint density at radius 1 is 1.00 bits per heavy atom. The highest BCUT2D eigenvalue weighted by atomic mass is 32.2. The standard InChI is InChI=1S/C28H37N3O3S/c1-4-15-29(16-5-2)35(33,34)22-12-10-21(11-13-22)28(32)31-18-17-30-25-14-9-20(3)19-24(25)23-7-6-8-26(31)27(23)30/h9-14,19,23,26-27H,4-8,15-18H2,1-3H3/t23-,26-,27-/m1/s1. The molecule has 0 bridgehead atoms. The van der Waals surface area contributed by atoms with Crippen LogP contribution in [-0.2, 0) is 10.0 Å². The molecular weight excluding hydrogens is 458 g/mol. The maximum atomic E-state index is 13.7. The minimum atomic E-state index is -3.55. The van der Waals surface area contributed by atoms with Crippen LogP contribution in [0.15, 0.2) is 47.4 Å². The first kappa shape index (κ1) is 24.3. The first-order valence-electron chi connectivity index (χ1n) is 13.1. The molecular formula is C28H37N3O3S. The number of sulfonamides is 1. The number of nitrogens with zero attached hydrogens (tertiary/aromatic N) is 3. The van der Waals surface area contributed by atoms with Crippen molar-refractivity contribution in [2.45, 2.75) is 75.8 Å². The van der Waals surface area contributed by atoms with Gasteiger partial charge in [-0.2, -0.15) is 4.31 Å². The molecule has 35 heavy (non-hydrogen) atoms. The molecule has 2 aromatic carbocycles. The van der Waals surface area contributed by atoms with Gasteiger partial charge < -0.3 is 9.80 Å². The molecule has 0 radical (unpaired) electrons. The van der Waals surface area contributed by atoms with Crippen molar-refractivity contribution in [3.8, 4) is 0 Å². The molecule has 2 fully saturated rings. The maximum Gasteiger partial charge on any atom is 0.254 e. The number of carbonyl (C=O) groups is 1. The summed E-state index contributed by atoms with van der Waals surface area (Å²) in [7, 11) is -3.55. The average molecular weight is 496 g/mol. The molecule has 6 nitrogen and oxygen atoms in total. The number of fused-ring (bicyclic) bond motifs is 3. The third-order valence-electron chi connectivity index (χ3n) is 8.00. The predicted molar refractivity (Wildman–Crippen MR) is 140 cm³/mol. The van der Waals surface area contributed by atoms with Crippen molar-refractivity contribution < 1.29 is 13.2 Å². The fourth-order valence-corrected chi connectivity index (χ4v) is 8.12. The smallest absolute Gasteiger partial charge is 0.254 e. The Morgan fingerprint density at radius 3 is 2.40 bits per heavy atom. The fraction of sp³-hybridized carbons (Fsp3) is 0.536. The van der Waals surface area contributed by atoms with E-state index in [-0.39, 0.29) is 16.8 Å². The number of hydrogen-bond acceptors (Lipinski definition) is 4. The van der Waals surface area contributed by atoms with Crippen LogP contribution in [0.3, 0.4) is 0 Å². The normalized spacial score (nSPS) is 23.4. The van der Waals surface area contributed by atoms with Gasteiger partial charge in [0.05, 0.1) is 17.0 Å². The summed E-state index contributed by atoms with van der Waals surface area (Å²) in [6.45, 7) is 8.68. The van der Waals surface area contributed by atoms with Crippen LogP contribution in [0.4, 0.5) is 5.69 Å². The van der Waals surface area contributed by atoms with Crippen LogP contribution in [0, 0.1) is 6.92 Å². The summed E-state index contributed by atoms with van der Waals surface area (Å²) < 4.78 is 27.8. The van der Waals surface area contributed by atoms with Gasteiger partial charge >= 0.3 is 0 Å². The summed E-state index contributed by atoms with van der Waals surface area (Å²) in [5.41, 5.74) is 4.67. The third kappa shape index (κ3) is 4.16. The highest BCUT2D eigenvalue weighted by Crippen LogP contribution is 2.50. The van der Waals surface area contributed by atoms with Gasteiger partial charge in [0.1, 0.15) is 0 Å². The van der Waals surface area contributed by atoms with Crippen LogP contribution in [0.5, 0.6) is 0 Å². The van der Waals surface area contributed by atoms with E-state index in [1.54, 1.807) is 28.6 Å². The van der Waals surface area contributed by atoms with Crippen LogP contribution in [0.25, 0.3) is 0 Å². The molecule has 0 spiro atoms. The molecule has 2 aliphatic heterocycles. The van der Waals surface area contributed by atoms with Crippen molar-refractivity contribution in [3.63, 3.8) is 0 Å². The molecule has 3 atom stereocenters. The first-order valence-corrected chi connectivity index (χ1v) is 14.6. The van der Waals surface area contributed by atoms with Gasteiger partial charge in [0.2, 0.25) is 10.0 Å². The fourth-order valence-electron chi connectivity index (χ4n) is 6.49. The first-order chi connectivity index (χ1) is 16.9. The number of carbonyl (C=O) groups excluding carboxylic acids is 1. The molecule has 5 rings (SSSR count). The molecule has 1 aliphatic carbocycles. The molecule has 1 saturated carbocycles. The molecule has 2 aromatic rings. The molecule has 0 N–H and O–H groups in total. The van der Waals surface area contributed by atoms with Crippen molar-refractivity contribution in [2.75, 3.05) is 31.1 Å². The molecule has 188 valence electrons. The second kappa shape index (κ2) is 9.58. The zero-order valence-electron chi connectivity index (χ0n) is 21.1. The van der Waals surface area contributed by atoms with Crippen LogP contribution in [0.1, 0.15) is 73.4 Å². The van der Waals surface area contributed by atoms with E-state index in [1.807, 2.05) is 13.8 Å². The Balaban J connectivity index is 1.37. The molecule has 7 heteroatoms. The summed E-state index contributed by atoms with van der Waals surface area (Å²) >= 11 is 0. The molecule has 3 aliphatic rings. The summed E-state index contributed by atoms with van der Waals surface area (Å²) in [5, 5.41) is 0. The van der Waals surface area contributed by atoms with Gasteiger partial charge in [0, 0.05) is 43.3 Å². The number of benzene rings is 2.